The van der Waals surface area contributed by atoms with Gasteiger partial charge in [-0.25, -0.2) is 17.5 Å². The third-order valence-corrected chi connectivity index (χ3v) is 6.49. The Hall–Kier alpha value is -3.46. The normalized spacial score (nSPS) is 12.3. The Morgan fingerprint density at radius 2 is 1.84 bits per heavy atom. The van der Waals surface area contributed by atoms with E-state index in [0.717, 1.165) is 10.8 Å². The molecule has 0 saturated carbocycles. The molecule has 0 fully saturated rings. The number of aryl methyl sites for hydroxylation is 1. The highest BCUT2D eigenvalue weighted by molar-refractivity contribution is 7.92. The number of pyridine rings is 1. The summed E-state index contributed by atoms with van der Waals surface area (Å²) in [7, 11) is -4.09. The summed E-state index contributed by atoms with van der Waals surface area (Å²) < 4.78 is 45.4. The first-order valence-corrected chi connectivity index (χ1v) is 11.5. The molecule has 166 valence electrons. The second-order valence-electron chi connectivity index (χ2n) is 8.62. The van der Waals surface area contributed by atoms with Crippen LogP contribution in [-0.4, -0.2) is 18.2 Å². The van der Waals surface area contributed by atoms with Crippen LogP contribution in [0.3, 0.4) is 0 Å². The van der Waals surface area contributed by atoms with E-state index in [9.17, 15) is 18.0 Å². The van der Waals surface area contributed by atoms with E-state index in [1.165, 1.54) is 23.0 Å². The fraction of sp³-hybridized carbons (Fsp3) is 0.217. The van der Waals surface area contributed by atoms with Crippen molar-refractivity contribution in [3.8, 4) is 5.69 Å². The monoisotopic (exact) mass is 454 g/mol. The molecule has 0 aliphatic rings. The fourth-order valence-corrected chi connectivity index (χ4v) is 4.65. The summed E-state index contributed by atoms with van der Waals surface area (Å²) in [6.07, 6.45) is 1.39. The van der Waals surface area contributed by atoms with Crippen LogP contribution in [0.25, 0.3) is 16.6 Å². The maximum atomic E-state index is 14.6. The number of sulfonamides is 1. The van der Waals surface area contributed by atoms with Crippen LogP contribution < -0.4 is 9.45 Å². The van der Waals surface area contributed by atoms with Gasteiger partial charge in [0, 0.05) is 18.2 Å². The number of hydrogen-bond donors (Lipinski definition) is 1. The quantitative estimate of drug-likeness (QED) is 0.370. The Morgan fingerprint density at radius 1 is 1.09 bits per heavy atom. The molecule has 2 aromatic carbocycles. The largest absolute Gasteiger partial charge is 0.618 e. The number of rotatable bonds is 4. The molecule has 0 amide bonds. The predicted octanol–water partition coefficient (Wildman–Crippen LogP) is 4.20. The van der Waals surface area contributed by atoms with E-state index in [0.29, 0.717) is 27.8 Å². The summed E-state index contributed by atoms with van der Waals surface area (Å²) in [4.78, 5) is -0.191. The number of fused-ring (bicyclic) bond motifs is 1. The lowest BCUT2D eigenvalue weighted by Gasteiger charge is -2.20. The van der Waals surface area contributed by atoms with Gasteiger partial charge in [-0.15, -0.1) is 0 Å². The van der Waals surface area contributed by atoms with Crippen molar-refractivity contribution in [3.63, 3.8) is 0 Å². The maximum Gasteiger partial charge on any atom is 0.263 e. The van der Waals surface area contributed by atoms with Crippen LogP contribution in [0.5, 0.6) is 0 Å². The van der Waals surface area contributed by atoms with Crippen LogP contribution in [0.15, 0.2) is 65.7 Å². The minimum atomic E-state index is -4.09. The van der Waals surface area contributed by atoms with Gasteiger partial charge in [-0.3, -0.25) is 4.72 Å². The van der Waals surface area contributed by atoms with Gasteiger partial charge in [0.2, 0.25) is 5.52 Å². The standard InChI is InChI=1S/C23H23FN4O3S/c1-15-13-22(26-32(30,31)16-10-11-18(19(24)14-16)23(2,3)4)28(25-15)21-9-5-8-20-17(21)7-6-12-27(20)29/h5-14,26H,1-4H3. The molecule has 7 nitrogen and oxygen atoms in total. The molecule has 1 N–H and O–H groups in total. The molecule has 0 aliphatic carbocycles. The average Bonchev–Trinajstić information content (AvgIpc) is 3.06. The smallest absolute Gasteiger partial charge is 0.263 e. The lowest BCUT2D eigenvalue weighted by atomic mass is 9.87. The molecular formula is C23H23FN4O3S. The molecule has 2 aromatic heterocycles. The Balaban J connectivity index is 1.78. The molecule has 32 heavy (non-hydrogen) atoms. The van der Waals surface area contributed by atoms with E-state index in [4.69, 9.17) is 0 Å². The third-order valence-electron chi connectivity index (χ3n) is 5.14. The first-order chi connectivity index (χ1) is 15.0. The molecule has 4 rings (SSSR count). The number of halogens is 1. The van der Waals surface area contributed by atoms with Crippen LogP contribution in [0.4, 0.5) is 10.2 Å². The van der Waals surface area contributed by atoms with Gasteiger partial charge in [0.25, 0.3) is 10.0 Å². The van der Waals surface area contributed by atoms with Gasteiger partial charge >= 0.3 is 0 Å². The Morgan fingerprint density at radius 3 is 2.53 bits per heavy atom. The molecule has 0 radical (unpaired) electrons. The molecule has 0 unspecified atom stereocenters. The summed E-state index contributed by atoms with van der Waals surface area (Å²) in [5.41, 5.74) is 1.50. The van der Waals surface area contributed by atoms with E-state index in [2.05, 4.69) is 9.82 Å². The molecule has 0 atom stereocenters. The molecule has 2 heterocycles. The molecule has 0 saturated heterocycles. The zero-order chi connectivity index (χ0) is 23.3. The number of nitrogens with zero attached hydrogens (tertiary/aromatic N) is 3. The van der Waals surface area contributed by atoms with Crippen molar-refractivity contribution in [1.29, 1.82) is 0 Å². The second kappa shape index (κ2) is 7.59. The highest BCUT2D eigenvalue weighted by atomic mass is 32.2. The van der Waals surface area contributed by atoms with Crippen molar-refractivity contribution in [3.05, 3.63) is 83.1 Å². The number of anilines is 1. The zero-order valence-corrected chi connectivity index (χ0v) is 18.9. The number of nitrogens with one attached hydrogen (secondary N) is 1. The van der Waals surface area contributed by atoms with E-state index >= 15 is 0 Å². The van der Waals surface area contributed by atoms with Gasteiger partial charge in [0.15, 0.2) is 6.20 Å². The summed E-state index contributed by atoms with van der Waals surface area (Å²) in [6, 6.07) is 14.0. The zero-order valence-electron chi connectivity index (χ0n) is 18.1. The van der Waals surface area contributed by atoms with Crippen molar-refractivity contribution in [1.82, 2.24) is 9.78 Å². The van der Waals surface area contributed by atoms with E-state index < -0.39 is 21.3 Å². The van der Waals surface area contributed by atoms with Gasteiger partial charge < -0.3 is 5.21 Å². The summed E-state index contributed by atoms with van der Waals surface area (Å²) in [5.74, 6) is -0.407. The topological polar surface area (TPSA) is 90.9 Å². The lowest BCUT2D eigenvalue weighted by Crippen LogP contribution is -2.26. The average molecular weight is 455 g/mol. The SMILES string of the molecule is Cc1cc(NS(=O)(=O)c2ccc(C(C)(C)C)c(F)c2)n(-c2cccc3c2ccc[n+]3[O-])n1. The lowest BCUT2D eigenvalue weighted by molar-refractivity contribution is -0.577. The molecule has 0 bridgehead atoms. The highest BCUT2D eigenvalue weighted by Crippen LogP contribution is 2.29. The molecular weight excluding hydrogens is 431 g/mol. The first kappa shape index (κ1) is 21.8. The van der Waals surface area contributed by atoms with Crippen LogP contribution in [0.2, 0.25) is 0 Å². The van der Waals surface area contributed by atoms with Crippen LogP contribution in [0, 0.1) is 17.9 Å². The van der Waals surface area contributed by atoms with E-state index in [1.807, 2.05) is 20.8 Å². The predicted molar refractivity (Wildman–Crippen MR) is 121 cm³/mol. The van der Waals surface area contributed by atoms with Gasteiger partial charge in [-0.2, -0.15) is 9.83 Å². The van der Waals surface area contributed by atoms with Crippen molar-refractivity contribution in [2.45, 2.75) is 38.0 Å². The third kappa shape index (κ3) is 3.91. The van der Waals surface area contributed by atoms with E-state index in [1.54, 1.807) is 43.3 Å². The van der Waals surface area contributed by atoms with E-state index in [-0.39, 0.29) is 10.7 Å². The van der Waals surface area contributed by atoms with Crippen molar-refractivity contribution in [2.24, 2.45) is 0 Å². The summed E-state index contributed by atoms with van der Waals surface area (Å²) in [5, 5.41) is 17.1. The second-order valence-corrected chi connectivity index (χ2v) is 10.3. The highest BCUT2D eigenvalue weighted by Gasteiger charge is 2.24. The number of hydrogen-bond acceptors (Lipinski definition) is 4. The molecule has 4 aromatic rings. The Bertz CT molecular complexity index is 1440. The van der Waals surface area contributed by atoms with Gasteiger partial charge in [-0.1, -0.05) is 32.9 Å². The molecule has 0 spiro atoms. The Labute approximate surface area is 185 Å². The summed E-state index contributed by atoms with van der Waals surface area (Å²) in [6.45, 7) is 7.30. The number of aromatic nitrogens is 3. The minimum absolute atomic E-state index is 0.177. The van der Waals surface area contributed by atoms with Crippen molar-refractivity contribution < 1.29 is 17.5 Å². The molecule has 9 heteroatoms. The Kier molecular flexibility index (Phi) is 5.16. The van der Waals surface area contributed by atoms with Crippen LogP contribution >= 0.6 is 0 Å². The summed E-state index contributed by atoms with van der Waals surface area (Å²) >= 11 is 0. The molecule has 0 aliphatic heterocycles. The number of benzene rings is 2. The van der Waals surface area contributed by atoms with Crippen molar-refractivity contribution in [2.75, 3.05) is 4.72 Å². The van der Waals surface area contributed by atoms with Crippen molar-refractivity contribution >= 4 is 26.7 Å². The minimum Gasteiger partial charge on any atom is -0.618 e. The van der Waals surface area contributed by atoms with Gasteiger partial charge in [0.05, 0.1) is 21.7 Å². The van der Waals surface area contributed by atoms with Crippen LogP contribution in [0.1, 0.15) is 32.0 Å². The van der Waals surface area contributed by atoms with Crippen LogP contribution in [-0.2, 0) is 15.4 Å². The fourth-order valence-electron chi connectivity index (χ4n) is 3.61. The van der Waals surface area contributed by atoms with Gasteiger partial charge in [0.1, 0.15) is 11.6 Å². The van der Waals surface area contributed by atoms with Gasteiger partial charge in [-0.05, 0) is 42.2 Å². The first-order valence-electron chi connectivity index (χ1n) is 9.98. The maximum absolute atomic E-state index is 14.6.